The molecular weight excluding hydrogens is 286 g/mol. The van der Waals surface area contributed by atoms with Gasteiger partial charge in [-0.25, -0.2) is 0 Å². The molecule has 0 aromatic carbocycles. The molecule has 2 atom stereocenters. The predicted molar refractivity (Wildman–Crippen MR) is 85.7 cm³/mol. The third-order valence-electron chi connectivity index (χ3n) is 4.12. The Kier molecular flexibility index (Phi) is 4.40. The molecule has 0 aliphatic carbocycles. The maximum absolute atomic E-state index is 11.9. The molecular formula is C14H21N5OS. The summed E-state index contributed by atoms with van der Waals surface area (Å²) in [6, 6.07) is 2.91. The van der Waals surface area contributed by atoms with Crippen molar-refractivity contribution in [1.29, 1.82) is 5.26 Å². The lowest BCUT2D eigenvalue weighted by atomic mass is 10.1. The molecule has 2 rings (SSSR count). The Morgan fingerprint density at radius 2 is 2.00 bits per heavy atom. The van der Waals surface area contributed by atoms with E-state index in [0.29, 0.717) is 22.5 Å². The second kappa shape index (κ2) is 5.92. The highest BCUT2D eigenvalue weighted by Crippen LogP contribution is 2.39. The number of hydrogen-bond donors (Lipinski definition) is 2. The van der Waals surface area contributed by atoms with Gasteiger partial charge in [-0.05, 0) is 20.9 Å². The average molecular weight is 307 g/mol. The number of nitriles is 1. The highest BCUT2D eigenvalue weighted by Gasteiger charge is 2.31. The minimum absolute atomic E-state index is 0.240. The zero-order valence-corrected chi connectivity index (χ0v) is 13.6. The molecule has 2 unspecified atom stereocenters. The van der Waals surface area contributed by atoms with Crippen LogP contribution in [0.5, 0.6) is 0 Å². The van der Waals surface area contributed by atoms with Crippen molar-refractivity contribution in [3.8, 4) is 6.07 Å². The summed E-state index contributed by atoms with van der Waals surface area (Å²) in [6.07, 6.45) is 0. The van der Waals surface area contributed by atoms with Gasteiger partial charge < -0.3 is 16.0 Å². The van der Waals surface area contributed by atoms with Crippen LogP contribution >= 0.6 is 11.3 Å². The zero-order valence-electron chi connectivity index (χ0n) is 12.8. The normalized spacial score (nSPS) is 22.9. The van der Waals surface area contributed by atoms with Gasteiger partial charge in [0.05, 0.1) is 5.69 Å². The topological polar surface area (TPSA) is 85.4 Å². The monoisotopic (exact) mass is 307 g/mol. The molecule has 1 fully saturated rings. The van der Waals surface area contributed by atoms with Crippen molar-refractivity contribution in [3.63, 3.8) is 0 Å². The SMILES string of the molecule is CNC(=O)c1sc(N2CC(C)N(C)C(C)C2)c(C#N)c1N. The summed E-state index contributed by atoms with van der Waals surface area (Å²) in [5.74, 6) is -0.240. The second-order valence-corrected chi connectivity index (χ2v) is 6.48. The summed E-state index contributed by atoms with van der Waals surface area (Å²) in [5, 5.41) is 12.8. The number of rotatable bonds is 2. The number of piperazine rings is 1. The summed E-state index contributed by atoms with van der Waals surface area (Å²) >= 11 is 1.30. The lowest BCUT2D eigenvalue weighted by Crippen LogP contribution is -2.55. The number of nitrogens with zero attached hydrogens (tertiary/aromatic N) is 3. The highest BCUT2D eigenvalue weighted by molar-refractivity contribution is 7.19. The number of anilines is 2. The summed E-state index contributed by atoms with van der Waals surface area (Å²) in [7, 11) is 3.67. The molecule has 0 radical (unpaired) electrons. The maximum atomic E-state index is 11.9. The van der Waals surface area contributed by atoms with Gasteiger partial charge in [-0.1, -0.05) is 0 Å². The van der Waals surface area contributed by atoms with E-state index < -0.39 is 0 Å². The summed E-state index contributed by atoms with van der Waals surface area (Å²) in [5.41, 5.74) is 6.69. The van der Waals surface area contributed by atoms with E-state index in [0.717, 1.165) is 18.1 Å². The molecule has 114 valence electrons. The summed E-state index contributed by atoms with van der Waals surface area (Å²) < 4.78 is 0. The Hall–Kier alpha value is -1.78. The first-order chi connectivity index (χ1) is 9.90. The van der Waals surface area contributed by atoms with E-state index in [1.165, 1.54) is 11.3 Å². The Bertz CT molecular complexity index is 579. The first-order valence-electron chi connectivity index (χ1n) is 6.92. The molecule has 7 heteroatoms. The maximum Gasteiger partial charge on any atom is 0.263 e. The summed E-state index contributed by atoms with van der Waals surface area (Å²) in [6.45, 7) is 5.96. The van der Waals surface area contributed by atoms with Crippen LogP contribution in [-0.4, -0.2) is 50.1 Å². The number of nitrogen functional groups attached to an aromatic ring is 1. The first-order valence-corrected chi connectivity index (χ1v) is 7.73. The number of hydrogen-bond acceptors (Lipinski definition) is 6. The fourth-order valence-electron chi connectivity index (χ4n) is 2.61. The smallest absolute Gasteiger partial charge is 0.263 e. The highest BCUT2D eigenvalue weighted by atomic mass is 32.1. The average Bonchev–Trinajstić information content (AvgIpc) is 2.80. The van der Waals surface area contributed by atoms with E-state index in [9.17, 15) is 10.1 Å². The molecule has 21 heavy (non-hydrogen) atoms. The largest absolute Gasteiger partial charge is 0.396 e. The third-order valence-corrected chi connectivity index (χ3v) is 5.38. The fraction of sp³-hybridized carbons (Fsp3) is 0.571. The van der Waals surface area contributed by atoms with Crippen molar-refractivity contribution in [2.45, 2.75) is 25.9 Å². The number of carbonyl (C=O) groups is 1. The minimum atomic E-state index is -0.240. The number of nitrogens with one attached hydrogen (secondary N) is 1. The van der Waals surface area contributed by atoms with Gasteiger partial charge in [-0.3, -0.25) is 9.69 Å². The molecule has 0 bridgehead atoms. The van der Waals surface area contributed by atoms with E-state index in [4.69, 9.17) is 5.73 Å². The molecule has 6 nitrogen and oxygen atoms in total. The van der Waals surface area contributed by atoms with E-state index in [1.807, 2.05) is 0 Å². The molecule has 1 amide bonds. The van der Waals surface area contributed by atoms with Crippen LogP contribution in [0.3, 0.4) is 0 Å². The van der Waals surface area contributed by atoms with Crippen LogP contribution in [0.2, 0.25) is 0 Å². The van der Waals surface area contributed by atoms with Gasteiger partial charge in [0.25, 0.3) is 5.91 Å². The van der Waals surface area contributed by atoms with Gasteiger partial charge in [-0.2, -0.15) is 5.26 Å². The van der Waals surface area contributed by atoms with E-state index in [2.05, 4.69) is 42.1 Å². The second-order valence-electron chi connectivity index (χ2n) is 5.48. The molecule has 1 aliphatic rings. The number of carbonyl (C=O) groups excluding carboxylic acids is 1. The molecule has 0 spiro atoms. The standard InChI is InChI=1S/C14H21N5OS/c1-8-6-19(7-9(2)18(8)4)14-10(5-15)11(16)12(21-14)13(20)17-3/h8-9H,6-7,16H2,1-4H3,(H,17,20). The van der Waals surface area contributed by atoms with E-state index in [-0.39, 0.29) is 11.6 Å². The first kappa shape index (κ1) is 15.6. The van der Waals surface area contributed by atoms with Crippen molar-refractivity contribution >= 4 is 27.9 Å². The molecule has 1 aliphatic heterocycles. The van der Waals surface area contributed by atoms with Gasteiger partial charge in [-0.15, -0.1) is 11.3 Å². The van der Waals surface area contributed by atoms with Gasteiger partial charge in [0.2, 0.25) is 0 Å². The lowest BCUT2D eigenvalue weighted by Gasteiger charge is -2.43. The van der Waals surface area contributed by atoms with E-state index in [1.54, 1.807) is 7.05 Å². The molecule has 1 saturated heterocycles. The van der Waals surface area contributed by atoms with Crippen molar-refractivity contribution in [2.75, 3.05) is 37.8 Å². The number of nitrogens with two attached hydrogens (primary N) is 1. The van der Waals surface area contributed by atoms with Crippen LogP contribution in [0.25, 0.3) is 0 Å². The van der Waals surface area contributed by atoms with Crippen LogP contribution < -0.4 is 16.0 Å². The van der Waals surface area contributed by atoms with Crippen LogP contribution in [-0.2, 0) is 0 Å². The number of likely N-dealkylation sites (N-methyl/N-ethyl adjacent to an activating group) is 1. The minimum Gasteiger partial charge on any atom is -0.396 e. The number of amides is 1. The van der Waals surface area contributed by atoms with Gasteiger partial charge in [0.15, 0.2) is 0 Å². The van der Waals surface area contributed by atoms with Crippen LogP contribution in [0.15, 0.2) is 0 Å². The third kappa shape index (κ3) is 2.69. The molecule has 3 N–H and O–H groups in total. The van der Waals surface area contributed by atoms with Gasteiger partial charge >= 0.3 is 0 Å². The van der Waals surface area contributed by atoms with Gasteiger partial charge in [0.1, 0.15) is 21.5 Å². The Balaban J connectivity index is 2.40. The Morgan fingerprint density at radius 3 is 2.48 bits per heavy atom. The van der Waals surface area contributed by atoms with Crippen molar-refractivity contribution in [2.24, 2.45) is 0 Å². The molecule has 1 aromatic rings. The zero-order chi connectivity index (χ0) is 15.7. The molecule has 1 aromatic heterocycles. The Labute approximate surface area is 129 Å². The lowest BCUT2D eigenvalue weighted by molar-refractivity contribution is 0.0968. The molecule has 2 heterocycles. The van der Waals surface area contributed by atoms with Crippen molar-refractivity contribution in [1.82, 2.24) is 10.2 Å². The van der Waals surface area contributed by atoms with Crippen LogP contribution in [0.4, 0.5) is 10.7 Å². The molecule has 0 saturated carbocycles. The van der Waals surface area contributed by atoms with Crippen molar-refractivity contribution < 1.29 is 4.79 Å². The van der Waals surface area contributed by atoms with Crippen LogP contribution in [0, 0.1) is 11.3 Å². The van der Waals surface area contributed by atoms with Gasteiger partial charge in [0, 0.05) is 32.2 Å². The van der Waals surface area contributed by atoms with Crippen LogP contribution in [0.1, 0.15) is 29.1 Å². The summed E-state index contributed by atoms with van der Waals surface area (Å²) in [4.78, 5) is 16.8. The quantitative estimate of drug-likeness (QED) is 0.854. The number of thiophene rings is 1. The Morgan fingerprint density at radius 1 is 1.43 bits per heavy atom. The van der Waals surface area contributed by atoms with E-state index >= 15 is 0 Å². The predicted octanol–water partition coefficient (Wildman–Crippen LogP) is 1.09. The fourth-order valence-corrected chi connectivity index (χ4v) is 3.75. The van der Waals surface area contributed by atoms with Crippen molar-refractivity contribution in [3.05, 3.63) is 10.4 Å².